The van der Waals surface area contributed by atoms with E-state index in [-0.39, 0.29) is 42.9 Å². The maximum atomic E-state index is 12.1. The van der Waals surface area contributed by atoms with E-state index in [9.17, 15) is 4.79 Å². The molecule has 1 saturated heterocycles. The van der Waals surface area contributed by atoms with Crippen LogP contribution in [0.2, 0.25) is 0 Å². The highest BCUT2D eigenvalue weighted by atomic mass is 35.5. The maximum absolute atomic E-state index is 12.1. The summed E-state index contributed by atoms with van der Waals surface area (Å²) in [5.74, 6) is -0.0563. The van der Waals surface area contributed by atoms with Crippen molar-refractivity contribution in [3.05, 3.63) is 54.4 Å². The molecule has 3 N–H and O–H groups in total. The van der Waals surface area contributed by atoms with Crippen molar-refractivity contribution in [2.45, 2.75) is 31.6 Å². The van der Waals surface area contributed by atoms with Gasteiger partial charge < -0.3 is 15.8 Å². The zero-order chi connectivity index (χ0) is 16.1. The van der Waals surface area contributed by atoms with Crippen LogP contribution >= 0.6 is 24.8 Å². The summed E-state index contributed by atoms with van der Waals surface area (Å²) in [4.78, 5) is 16.1. The third kappa shape index (κ3) is 5.68. The van der Waals surface area contributed by atoms with Gasteiger partial charge in [0.1, 0.15) is 6.10 Å². The minimum Gasteiger partial charge on any atom is -0.364 e. The van der Waals surface area contributed by atoms with Gasteiger partial charge in [0.05, 0.1) is 6.10 Å². The third-order valence-corrected chi connectivity index (χ3v) is 4.10. The molecule has 1 fully saturated rings. The Balaban J connectivity index is 0.00000156. The number of amides is 1. The van der Waals surface area contributed by atoms with Gasteiger partial charge >= 0.3 is 0 Å². The second-order valence-corrected chi connectivity index (χ2v) is 5.71. The molecule has 2 heterocycles. The second kappa shape index (κ2) is 10.4. The van der Waals surface area contributed by atoms with Crippen molar-refractivity contribution in [2.75, 3.05) is 6.54 Å². The highest BCUT2D eigenvalue weighted by molar-refractivity contribution is 5.85. The molecular weight excluding hydrogens is 361 g/mol. The van der Waals surface area contributed by atoms with Gasteiger partial charge in [-0.1, -0.05) is 24.3 Å². The Kier molecular flexibility index (Phi) is 8.86. The number of nitrogens with two attached hydrogens (primary N) is 1. The number of hydrogen-bond acceptors (Lipinski definition) is 4. The van der Waals surface area contributed by atoms with Gasteiger partial charge in [-0.3, -0.25) is 9.78 Å². The van der Waals surface area contributed by atoms with Gasteiger partial charge in [-0.15, -0.1) is 24.8 Å². The monoisotopic (exact) mass is 383 g/mol. The van der Waals surface area contributed by atoms with E-state index in [1.165, 1.54) is 0 Å². The van der Waals surface area contributed by atoms with Crippen LogP contribution in [0.15, 0.2) is 48.8 Å². The fraction of sp³-hybridized carbons (Fsp3) is 0.333. The molecule has 0 unspecified atom stereocenters. The van der Waals surface area contributed by atoms with Gasteiger partial charge in [0.15, 0.2) is 0 Å². The first-order valence-corrected chi connectivity index (χ1v) is 7.89. The van der Waals surface area contributed by atoms with Gasteiger partial charge in [-0.05, 0) is 41.7 Å². The van der Waals surface area contributed by atoms with E-state index in [2.05, 4.69) is 10.3 Å². The van der Waals surface area contributed by atoms with Gasteiger partial charge in [0.2, 0.25) is 5.91 Å². The minimum atomic E-state index is -0.361. The van der Waals surface area contributed by atoms with Crippen LogP contribution in [0.5, 0.6) is 0 Å². The minimum absolute atomic E-state index is 0. The second-order valence-electron chi connectivity index (χ2n) is 5.71. The standard InChI is InChI=1S/C18H21N3O2.2ClH/c19-11-16-5-6-17(23-16)18(22)21-12-13-1-3-14(4-2-13)15-7-9-20-10-8-15;;/h1-4,7-10,16-17H,5-6,11-12,19H2,(H,21,22);2*1H/t16-,17+;;/m1../s1. The molecule has 0 spiro atoms. The number of ether oxygens (including phenoxy) is 1. The summed E-state index contributed by atoms with van der Waals surface area (Å²) in [6.45, 7) is 0.975. The molecule has 5 nitrogen and oxygen atoms in total. The highest BCUT2D eigenvalue weighted by Gasteiger charge is 2.29. The number of aromatic nitrogens is 1. The molecule has 1 aromatic carbocycles. The summed E-state index contributed by atoms with van der Waals surface area (Å²) in [6.07, 6.45) is 4.81. The number of nitrogens with zero attached hydrogens (tertiary/aromatic N) is 1. The molecule has 0 saturated carbocycles. The fourth-order valence-corrected chi connectivity index (χ4v) is 2.73. The molecule has 7 heteroatoms. The lowest BCUT2D eigenvalue weighted by Crippen LogP contribution is -2.35. The number of rotatable bonds is 5. The smallest absolute Gasteiger partial charge is 0.249 e. The van der Waals surface area contributed by atoms with Crippen LogP contribution in [0.25, 0.3) is 11.1 Å². The van der Waals surface area contributed by atoms with Crippen molar-refractivity contribution in [3.8, 4) is 11.1 Å². The molecule has 3 rings (SSSR count). The maximum Gasteiger partial charge on any atom is 0.249 e. The van der Waals surface area contributed by atoms with E-state index >= 15 is 0 Å². The van der Waals surface area contributed by atoms with Gasteiger partial charge in [0, 0.05) is 25.5 Å². The first-order chi connectivity index (χ1) is 11.3. The quantitative estimate of drug-likeness (QED) is 0.831. The molecule has 2 atom stereocenters. The molecule has 136 valence electrons. The van der Waals surface area contributed by atoms with Crippen LogP contribution < -0.4 is 11.1 Å². The van der Waals surface area contributed by atoms with Gasteiger partial charge in [-0.25, -0.2) is 0 Å². The predicted molar refractivity (Wildman–Crippen MR) is 103 cm³/mol. The van der Waals surface area contributed by atoms with Gasteiger partial charge in [-0.2, -0.15) is 0 Å². The lowest BCUT2D eigenvalue weighted by molar-refractivity contribution is -0.132. The van der Waals surface area contributed by atoms with Crippen molar-refractivity contribution in [3.63, 3.8) is 0 Å². The number of carbonyl (C=O) groups excluding carboxylic acids is 1. The van der Waals surface area contributed by atoms with Gasteiger partial charge in [0.25, 0.3) is 0 Å². The van der Waals surface area contributed by atoms with E-state index in [4.69, 9.17) is 10.5 Å². The summed E-state index contributed by atoms with van der Waals surface area (Å²) >= 11 is 0. The molecule has 1 aromatic heterocycles. The van der Waals surface area contributed by atoms with Crippen molar-refractivity contribution in [1.29, 1.82) is 0 Å². The Hall–Kier alpha value is -1.66. The van der Waals surface area contributed by atoms with E-state index in [1.807, 2.05) is 36.4 Å². The van der Waals surface area contributed by atoms with E-state index < -0.39 is 0 Å². The van der Waals surface area contributed by atoms with Crippen LogP contribution in [0.4, 0.5) is 0 Å². The summed E-state index contributed by atoms with van der Waals surface area (Å²) in [7, 11) is 0. The summed E-state index contributed by atoms with van der Waals surface area (Å²) in [6, 6.07) is 12.1. The van der Waals surface area contributed by atoms with Crippen molar-refractivity contribution in [1.82, 2.24) is 10.3 Å². The zero-order valence-electron chi connectivity index (χ0n) is 13.8. The van der Waals surface area contributed by atoms with E-state index in [0.717, 1.165) is 29.5 Å². The van der Waals surface area contributed by atoms with E-state index in [1.54, 1.807) is 12.4 Å². The lowest BCUT2D eigenvalue weighted by atomic mass is 10.1. The Labute approximate surface area is 160 Å². The topological polar surface area (TPSA) is 77.2 Å². The van der Waals surface area contributed by atoms with Crippen LogP contribution in [-0.4, -0.2) is 29.6 Å². The van der Waals surface area contributed by atoms with Crippen molar-refractivity contribution in [2.24, 2.45) is 5.73 Å². The molecule has 0 bridgehead atoms. The number of carbonyl (C=O) groups is 1. The average molecular weight is 384 g/mol. The Bertz CT molecular complexity index is 653. The number of halogens is 2. The Morgan fingerprint density at radius 3 is 2.32 bits per heavy atom. The first kappa shape index (κ1) is 21.4. The number of benzene rings is 1. The van der Waals surface area contributed by atoms with Crippen LogP contribution in [-0.2, 0) is 16.1 Å². The molecule has 1 aliphatic rings. The zero-order valence-corrected chi connectivity index (χ0v) is 15.4. The summed E-state index contributed by atoms with van der Waals surface area (Å²) < 4.78 is 5.59. The SMILES string of the molecule is Cl.Cl.NC[C@H]1CC[C@@H](C(=O)NCc2ccc(-c3ccncc3)cc2)O1. The van der Waals surface area contributed by atoms with Crippen LogP contribution in [0.3, 0.4) is 0 Å². The molecule has 25 heavy (non-hydrogen) atoms. The number of pyridine rings is 1. The third-order valence-electron chi connectivity index (χ3n) is 4.10. The molecule has 0 radical (unpaired) electrons. The van der Waals surface area contributed by atoms with Crippen LogP contribution in [0.1, 0.15) is 18.4 Å². The number of hydrogen-bond donors (Lipinski definition) is 2. The number of nitrogens with one attached hydrogen (secondary N) is 1. The van der Waals surface area contributed by atoms with E-state index in [0.29, 0.717) is 13.1 Å². The Morgan fingerprint density at radius 1 is 1.08 bits per heavy atom. The average Bonchev–Trinajstić information content (AvgIpc) is 3.10. The normalized spacial score (nSPS) is 18.8. The lowest BCUT2D eigenvalue weighted by Gasteiger charge is -2.13. The Morgan fingerprint density at radius 2 is 1.72 bits per heavy atom. The summed E-state index contributed by atoms with van der Waals surface area (Å²) in [5, 5.41) is 2.93. The highest BCUT2D eigenvalue weighted by Crippen LogP contribution is 2.20. The largest absolute Gasteiger partial charge is 0.364 e. The fourth-order valence-electron chi connectivity index (χ4n) is 2.73. The van der Waals surface area contributed by atoms with Crippen molar-refractivity contribution < 1.29 is 9.53 Å². The molecule has 1 amide bonds. The molecular formula is C18H23Cl2N3O2. The first-order valence-electron chi connectivity index (χ1n) is 7.89. The predicted octanol–water partition coefficient (Wildman–Crippen LogP) is 2.71. The van der Waals surface area contributed by atoms with Crippen LogP contribution in [0, 0.1) is 0 Å². The molecule has 1 aliphatic heterocycles. The molecule has 2 aromatic rings. The van der Waals surface area contributed by atoms with Crippen molar-refractivity contribution >= 4 is 30.7 Å². The molecule has 0 aliphatic carbocycles. The summed E-state index contributed by atoms with van der Waals surface area (Å²) in [5.41, 5.74) is 8.88.